The van der Waals surface area contributed by atoms with Crippen LogP contribution in [0.3, 0.4) is 0 Å². The molecule has 0 aliphatic heterocycles. The summed E-state index contributed by atoms with van der Waals surface area (Å²) < 4.78 is 24.8. The van der Waals surface area contributed by atoms with Crippen molar-refractivity contribution in [1.29, 1.82) is 0 Å². The number of aryl methyl sites for hydroxylation is 2. The third-order valence-electron chi connectivity index (χ3n) is 9.71. The fourth-order valence-corrected chi connectivity index (χ4v) is 11.1. The zero-order valence-electron chi connectivity index (χ0n) is 33.7. The van der Waals surface area contributed by atoms with Gasteiger partial charge in [0.15, 0.2) is 0 Å². The molecule has 0 bridgehead atoms. The lowest BCUT2D eigenvalue weighted by Crippen LogP contribution is -2.07. The number of unbranched alkanes of at least 4 members (excludes halogenated alkanes) is 6. The molecule has 0 spiro atoms. The highest BCUT2D eigenvalue weighted by molar-refractivity contribution is 7.28. The third kappa shape index (κ3) is 9.71. The van der Waals surface area contributed by atoms with Crippen LogP contribution in [-0.4, -0.2) is 26.4 Å². The topological polar surface area (TPSA) is 36.9 Å². The molecule has 0 radical (unpaired) electrons. The lowest BCUT2D eigenvalue weighted by Gasteiger charge is -2.17. The van der Waals surface area contributed by atoms with E-state index in [9.17, 15) is 0 Å². The molecular formula is C46H60O4S3. The standard InChI is InChI=1S/C46H60O4S3/c1-11-13-15-17-21-33-27-39(51-45(33)41-35(47-9)23-19-25-37(41)49-29(3)4)43-31(7)32(8)44(53-43)40-28-34(22-18-16-14-12-2)46(52-40)42-36(48-10)24-20-26-38(42)50-30(5)6/h19-20,23-30H,11-18,21-22H2,1-10H3. The van der Waals surface area contributed by atoms with Crippen molar-refractivity contribution in [2.24, 2.45) is 0 Å². The second kappa shape index (κ2) is 19.4. The van der Waals surface area contributed by atoms with Gasteiger partial charge in [-0.3, -0.25) is 0 Å². The second-order valence-corrected chi connectivity index (χ2v) is 17.7. The molecule has 0 fully saturated rings. The minimum absolute atomic E-state index is 0.0640. The van der Waals surface area contributed by atoms with E-state index in [1.807, 2.05) is 46.1 Å². The van der Waals surface area contributed by atoms with Crippen LogP contribution in [0.15, 0.2) is 48.5 Å². The first-order chi connectivity index (χ1) is 25.6. The van der Waals surface area contributed by atoms with Gasteiger partial charge in [0.2, 0.25) is 0 Å². The highest BCUT2D eigenvalue weighted by atomic mass is 32.1. The van der Waals surface area contributed by atoms with Crippen molar-refractivity contribution in [3.05, 3.63) is 70.8 Å². The van der Waals surface area contributed by atoms with Crippen LogP contribution in [-0.2, 0) is 12.8 Å². The van der Waals surface area contributed by atoms with Gasteiger partial charge >= 0.3 is 0 Å². The summed E-state index contributed by atoms with van der Waals surface area (Å²) in [5.74, 6) is 3.50. The molecule has 286 valence electrons. The monoisotopic (exact) mass is 772 g/mol. The van der Waals surface area contributed by atoms with Crippen molar-refractivity contribution in [1.82, 2.24) is 0 Å². The summed E-state index contributed by atoms with van der Waals surface area (Å²) in [6.45, 7) is 17.5. The number of hydrogen-bond donors (Lipinski definition) is 0. The van der Waals surface area contributed by atoms with Gasteiger partial charge in [-0.25, -0.2) is 0 Å². The Bertz CT molecular complexity index is 1790. The van der Waals surface area contributed by atoms with Crippen LogP contribution in [0.4, 0.5) is 0 Å². The summed E-state index contributed by atoms with van der Waals surface area (Å²) in [6.07, 6.45) is 12.0. The molecule has 0 amide bonds. The fraction of sp³-hybridized carbons (Fsp3) is 0.478. The Morgan fingerprint density at radius 1 is 0.509 bits per heavy atom. The van der Waals surface area contributed by atoms with Crippen molar-refractivity contribution < 1.29 is 18.9 Å². The molecular weight excluding hydrogens is 713 g/mol. The molecule has 0 aliphatic carbocycles. The van der Waals surface area contributed by atoms with E-state index in [-0.39, 0.29) is 12.2 Å². The van der Waals surface area contributed by atoms with Crippen LogP contribution >= 0.6 is 34.0 Å². The summed E-state index contributed by atoms with van der Waals surface area (Å²) in [5, 5.41) is 0. The smallest absolute Gasteiger partial charge is 0.132 e. The average molecular weight is 773 g/mol. The van der Waals surface area contributed by atoms with Crippen LogP contribution < -0.4 is 18.9 Å². The van der Waals surface area contributed by atoms with Crippen molar-refractivity contribution >= 4 is 34.0 Å². The van der Waals surface area contributed by atoms with Gasteiger partial charge in [-0.1, -0.05) is 64.5 Å². The zero-order chi connectivity index (χ0) is 38.1. The summed E-state index contributed by atoms with van der Waals surface area (Å²) in [6, 6.07) is 17.3. The summed E-state index contributed by atoms with van der Waals surface area (Å²) >= 11 is 5.71. The molecule has 0 unspecified atom stereocenters. The van der Waals surface area contributed by atoms with Crippen LogP contribution in [0.5, 0.6) is 23.0 Å². The van der Waals surface area contributed by atoms with Gasteiger partial charge < -0.3 is 18.9 Å². The van der Waals surface area contributed by atoms with Crippen LogP contribution in [0, 0.1) is 13.8 Å². The van der Waals surface area contributed by atoms with E-state index >= 15 is 0 Å². The van der Waals surface area contributed by atoms with E-state index < -0.39 is 0 Å². The van der Waals surface area contributed by atoms with E-state index in [2.05, 4.69) is 91.8 Å². The average Bonchev–Trinajstić information content (AvgIpc) is 3.83. The highest BCUT2D eigenvalue weighted by Crippen LogP contribution is 2.53. The third-order valence-corrected chi connectivity index (χ3v) is 13.9. The fourth-order valence-electron chi connectivity index (χ4n) is 6.94. The summed E-state index contributed by atoms with van der Waals surface area (Å²) in [5.41, 5.74) is 7.62. The molecule has 0 atom stereocenters. The SMILES string of the molecule is CCCCCCc1cc(-c2sc(-c3cc(CCCCCC)c(-c4c(OC)cccc4OC(C)C)s3)c(C)c2C)sc1-c1c(OC)cccc1OC(C)C. The highest BCUT2D eigenvalue weighted by Gasteiger charge is 2.26. The molecule has 5 rings (SSSR count). The number of thiophene rings is 3. The van der Waals surface area contributed by atoms with Gasteiger partial charge in [0.05, 0.1) is 37.6 Å². The van der Waals surface area contributed by atoms with Crippen molar-refractivity contribution in [2.75, 3.05) is 14.2 Å². The second-order valence-electron chi connectivity index (χ2n) is 14.6. The van der Waals surface area contributed by atoms with E-state index in [1.54, 1.807) is 14.2 Å². The van der Waals surface area contributed by atoms with Crippen LogP contribution in [0.25, 0.3) is 40.4 Å². The first-order valence-electron chi connectivity index (χ1n) is 19.7. The number of benzene rings is 2. The van der Waals surface area contributed by atoms with Crippen molar-refractivity contribution in [2.45, 2.75) is 132 Å². The molecule has 0 N–H and O–H groups in total. The van der Waals surface area contributed by atoms with Gasteiger partial charge in [-0.2, -0.15) is 0 Å². The number of hydrogen-bond acceptors (Lipinski definition) is 7. The molecule has 5 aromatic rings. The Morgan fingerprint density at radius 2 is 0.906 bits per heavy atom. The molecule has 4 nitrogen and oxygen atoms in total. The van der Waals surface area contributed by atoms with E-state index in [1.165, 1.54) is 103 Å². The first kappa shape index (κ1) is 40.9. The minimum Gasteiger partial charge on any atom is -0.496 e. The lowest BCUT2D eigenvalue weighted by molar-refractivity contribution is 0.242. The molecule has 0 aliphatic rings. The molecule has 3 aromatic heterocycles. The van der Waals surface area contributed by atoms with Gasteiger partial charge in [0.25, 0.3) is 0 Å². The molecule has 3 heterocycles. The summed E-state index contributed by atoms with van der Waals surface area (Å²) in [4.78, 5) is 7.86. The molecule has 7 heteroatoms. The lowest BCUT2D eigenvalue weighted by atomic mass is 10.0. The van der Waals surface area contributed by atoms with Crippen molar-refractivity contribution in [3.63, 3.8) is 0 Å². The molecule has 2 aromatic carbocycles. The Hall–Kier alpha value is -3.26. The Labute approximate surface area is 331 Å². The minimum atomic E-state index is 0.0640. The predicted molar refractivity (Wildman–Crippen MR) is 232 cm³/mol. The number of methoxy groups -OCH3 is 2. The van der Waals surface area contributed by atoms with Crippen LogP contribution in [0.1, 0.15) is 115 Å². The molecule has 0 saturated carbocycles. The first-order valence-corrected chi connectivity index (χ1v) is 22.1. The number of ether oxygens (including phenoxy) is 4. The quantitative estimate of drug-likeness (QED) is 0.0738. The van der Waals surface area contributed by atoms with Gasteiger partial charge in [0.1, 0.15) is 23.0 Å². The zero-order valence-corrected chi connectivity index (χ0v) is 36.2. The Balaban J connectivity index is 1.64. The van der Waals surface area contributed by atoms with E-state index in [0.717, 1.165) is 47.0 Å². The van der Waals surface area contributed by atoms with Crippen LogP contribution in [0.2, 0.25) is 0 Å². The molecule has 53 heavy (non-hydrogen) atoms. The van der Waals surface area contributed by atoms with Gasteiger partial charge in [0, 0.05) is 29.3 Å². The van der Waals surface area contributed by atoms with Gasteiger partial charge in [-0.05, 0) is 126 Å². The predicted octanol–water partition coefficient (Wildman–Crippen LogP) is 15.0. The van der Waals surface area contributed by atoms with E-state index in [4.69, 9.17) is 18.9 Å². The number of rotatable bonds is 20. The van der Waals surface area contributed by atoms with Crippen molar-refractivity contribution in [3.8, 4) is 63.4 Å². The maximum Gasteiger partial charge on any atom is 0.132 e. The Kier molecular flexibility index (Phi) is 14.9. The maximum atomic E-state index is 6.41. The van der Waals surface area contributed by atoms with Gasteiger partial charge in [-0.15, -0.1) is 34.0 Å². The molecule has 0 saturated heterocycles. The normalized spacial score (nSPS) is 11.5. The Morgan fingerprint density at radius 3 is 1.26 bits per heavy atom. The maximum absolute atomic E-state index is 6.41. The largest absolute Gasteiger partial charge is 0.496 e. The van der Waals surface area contributed by atoms with E-state index in [0.29, 0.717) is 0 Å². The summed E-state index contributed by atoms with van der Waals surface area (Å²) in [7, 11) is 3.53.